The number of hydrogen-bond acceptors (Lipinski definition) is 3. The van der Waals surface area contributed by atoms with Crippen LogP contribution >= 0.6 is 0 Å². The summed E-state index contributed by atoms with van der Waals surface area (Å²) in [6, 6.07) is 0.421. The van der Waals surface area contributed by atoms with Crippen LogP contribution in [0.25, 0.3) is 0 Å². The van der Waals surface area contributed by atoms with Crippen LogP contribution in [0.1, 0.15) is 29.0 Å². The van der Waals surface area contributed by atoms with Gasteiger partial charge in [-0.15, -0.1) is 0 Å². The van der Waals surface area contributed by atoms with Gasteiger partial charge in [-0.05, 0) is 42.1 Å². The van der Waals surface area contributed by atoms with E-state index < -0.39 is 67.7 Å². The fourth-order valence-electron chi connectivity index (χ4n) is 4.59. The molecule has 0 spiro atoms. The van der Waals surface area contributed by atoms with Crippen molar-refractivity contribution in [1.29, 1.82) is 0 Å². The van der Waals surface area contributed by atoms with Crippen LogP contribution in [-0.2, 0) is 12.7 Å². The maximum atomic E-state index is 13.5. The first-order valence-electron chi connectivity index (χ1n) is 10.3. The first kappa shape index (κ1) is 26.4. The van der Waals surface area contributed by atoms with Gasteiger partial charge in [0, 0.05) is 38.8 Å². The molecule has 14 heteroatoms. The number of piperazine rings is 1. The van der Waals surface area contributed by atoms with Gasteiger partial charge in [-0.2, -0.15) is 39.5 Å². The third-order valence-electron chi connectivity index (χ3n) is 6.24. The molecule has 2 heterocycles. The Balaban J connectivity index is 2.00. The van der Waals surface area contributed by atoms with Crippen molar-refractivity contribution in [3.05, 3.63) is 34.9 Å². The Kier molecular flexibility index (Phi) is 7.32. The summed E-state index contributed by atoms with van der Waals surface area (Å²) in [7, 11) is 0. The molecule has 0 bridgehead atoms. The summed E-state index contributed by atoms with van der Waals surface area (Å²) in [6.45, 7) is -1.48. The highest BCUT2D eigenvalue weighted by atomic mass is 19.4. The van der Waals surface area contributed by atoms with Gasteiger partial charge in [0.15, 0.2) is 5.92 Å². The van der Waals surface area contributed by atoms with Crippen LogP contribution in [0.4, 0.5) is 44.3 Å². The predicted molar refractivity (Wildman–Crippen MR) is 101 cm³/mol. The van der Waals surface area contributed by atoms with E-state index in [1.54, 1.807) is 0 Å². The van der Waals surface area contributed by atoms with Crippen molar-refractivity contribution >= 4 is 6.09 Å². The van der Waals surface area contributed by atoms with E-state index in [1.807, 2.05) is 0 Å². The molecule has 2 N–H and O–H groups in total. The lowest BCUT2D eigenvalue weighted by Crippen LogP contribution is -2.62. The Morgan fingerprint density at radius 3 is 2.21 bits per heavy atom. The van der Waals surface area contributed by atoms with Crippen molar-refractivity contribution < 1.29 is 49.4 Å². The molecule has 5 nitrogen and oxygen atoms in total. The van der Waals surface area contributed by atoms with E-state index in [9.17, 15) is 44.3 Å². The van der Waals surface area contributed by atoms with E-state index in [0.717, 1.165) is 23.1 Å². The largest absolute Gasteiger partial charge is 0.465 e. The van der Waals surface area contributed by atoms with Gasteiger partial charge in [0.25, 0.3) is 0 Å². The monoisotopic (exact) mass is 507 g/mol. The minimum atomic E-state index is -5.71. The molecule has 0 aliphatic carbocycles. The summed E-state index contributed by atoms with van der Waals surface area (Å²) in [5.74, 6) is -4.22. The van der Waals surface area contributed by atoms with Gasteiger partial charge in [-0.25, -0.2) is 4.79 Å². The molecule has 2 atom stereocenters. The number of carbonyl (C=O) groups is 1. The number of carboxylic acid groups (broad SMARTS) is 1. The standard InChI is InChI=1S/C20H22F9N3O2/c21-18(22,23)13-2-1-12(14(7-13)11-3-4-30-8-11)9-31-5-6-32(17(33)34)10-15(31)16(19(24,25)26)20(27,28)29/h1-2,7,11,15-16,30H,3-6,8-10H2,(H,33,34). The van der Waals surface area contributed by atoms with Gasteiger partial charge in [-0.1, -0.05) is 6.07 Å². The topological polar surface area (TPSA) is 55.8 Å². The van der Waals surface area contributed by atoms with Gasteiger partial charge in [0.1, 0.15) is 0 Å². The molecule has 1 aromatic rings. The molecular weight excluding hydrogens is 485 g/mol. The van der Waals surface area contributed by atoms with Crippen LogP contribution in [0, 0.1) is 5.92 Å². The number of amides is 1. The molecule has 192 valence electrons. The van der Waals surface area contributed by atoms with Crippen LogP contribution in [-0.4, -0.2) is 72.1 Å². The zero-order valence-corrected chi connectivity index (χ0v) is 17.6. The normalized spacial score (nSPS) is 23.1. The van der Waals surface area contributed by atoms with Crippen LogP contribution < -0.4 is 5.32 Å². The zero-order valence-electron chi connectivity index (χ0n) is 17.6. The van der Waals surface area contributed by atoms with Crippen LogP contribution in [0.3, 0.4) is 0 Å². The Hall–Kier alpha value is -2.22. The number of halogens is 9. The Labute approximate surface area is 188 Å². The van der Waals surface area contributed by atoms with E-state index >= 15 is 0 Å². The summed E-state index contributed by atoms with van der Waals surface area (Å²) in [5, 5.41) is 12.1. The summed E-state index contributed by atoms with van der Waals surface area (Å²) >= 11 is 0. The average Bonchev–Trinajstić information content (AvgIpc) is 3.21. The second-order valence-corrected chi connectivity index (χ2v) is 8.43. The number of benzene rings is 1. The quantitative estimate of drug-likeness (QED) is 0.581. The number of nitrogens with one attached hydrogen (secondary N) is 1. The highest BCUT2D eigenvalue weighted by Gasteiger charge is 2.62. The van der Waals surface area contributed by atoms with Gasteiger partial charge in [0.05, 0.1) is 5.56 Å². The molecule has 2 unspecified atom stereocenters. The summed E-state index contributed by atoms with van der Waals surface area (Å²) < 4.78 is 121. The Morgan fingerprint density at radius 1 is 1.06 bits per heavy atom. The average molecular weight is 507 g/mol. The first-order valence-corrected chi connectivity index (χ1v) is 10.3. The van der Waals surface area contributed by atoms with E-state index in [4.69, 9.17) is 5.11 Å². The molecular formula is C20H22F9N3O2. The maximum Gasteiger partial charge on any atom is 0.416 e. The number of alkyl halides is 9. The van der Waals surface area contributed by atoms with Crippen molar-refractivity contribution in [3.63, 3.8) is 0 Å². The smallest absolute Gasteiger partial charge is 0.416 e. The molecule has 0 saturated carbocycles. The van der Waals surface area contributed by atoms with Crippen molar-refractivity contribution in [1.82, 2.24) is 15.1 Å². The highest BCUT2D eigenvalue weighted by molar-refractivity contribution is 5.65. The van der Waals surface area contributed by atoms with Crippen molar-refractivity contribution in [3.8, 4) is 0 Å². The van der Waals surface area contributed by atoms with Crippen molar-refractivity contribution in [2.75, 3.05) is 32.7 Å². The van der Waals surface area contributed by atoms with Crippen molar-refractivity contribution in [2.24, 2.45) is 5.92 Å². The molecule has 1 aromatic carbocycles. The summed E-state index contributed by atoms with van der Waals surface area (Å²) in [5.41, 5.74) is -0.581. The van der Waals surface area contributed by atoms with Crippen molar-refractivity contribution in [2.45, 2.75) is 43.5 Å². The molecule has 2 aliphatic heterocycles. The predicted octanol–water partition coefficient (Wildman–Crippen LogP) is 4.69. The fraction of sp³-hybridized carbons (Fsp3) is 0.650. The van der Waals surface area contributed by atoms with E-state index in [-0.39, 0.29) is 17.7 Å². The lowest BCUT2D eigenvalue weighted by atomic mass is 9.89. The van der Waals surface area contributed by atoms with E-state index in [0.29, 0.717) is 24.4 Å². The second kappa shape index (κ2) is 9.44. The molecule has 2 aliphatic rings. The zero-order chi connectivity index (χ0) is 25.5. The van der Waals surface area contributed by atoms with Crippen LogP contribution in [0.15, 0.2) is 18.2 Å². The molecule has 34 heavy (non-hydrogen) atoms. The third kappa shape index (κ3) is 5.88. The molecule has 0 radical (unpaired) electrons. The van der Waals surface area contributed by atoms with Gasteiger partial charge < -0.3 is 15.3 Å². The molecule has 0 aromatic heterocycles. The lowest BCUT2D eigenvalue weighted by molar-refractivity contribution is -0.302. The van der Waals surface area contributed by atoms with Gasteiger partial charge in [0.2, 0.25) is 0 Å². The minimum Gasteiger partial charge on any atom is -0.465 e. The Bertz CT molecular complexity index is 866. The van der Waals surface area contributed by atoms with E-state index in [2.05, 4.69) is 5.32 Å². The van der Waals surface area contributed by atoms with E-state index in [1.165, 1.54) is 0 Å². The third-order valence-corrected chi connectivity index (χ3v) is 6.24. The summed E-state index contributed by atoms with van der Waals surface area (Å²) in [4.78, 5) is 12.6. The minimum absolute atomic E-state index is 0.179. The molecule has 2 fully saturated rings. The SMILES string of the molecule is O=C(O)N1CCN(Cc2ccc(C(F)(F)F)cc2C2CCNC2)C(C(C(F)(F)F)C(F)(F)F)C1. The lowest BCUT2D eigenvalue weighted by Gasteiger charge is -2.45. The molecule has 3 rings (SSSR count). The van der Waals surface area contributed by atoms with Gasteiger partial charge >= 0.3 is 24.6 Å². The second-order valence-electron chi connectivity index (χ2n) is 8.43. The first-order chi connectivity index (χ1) is 15.6. The number of hydrogen-bond donors (Lipinski definition) is 2. The van der Waals surface area contributed by atoms with Gasteiger partial charge in [-0.3, -0.25) is 4.90 Å². The molecule has 1 amide bonds. The maximum absolute atomic E-state index is 13.5. The number of nitrogens with zero attached hydrogens (tertiary/aromatic N) is 2. The van der Waals surface area contributed by atoms with Crippen LogP contribution in [0.2, 0.25) is 0 Å². The summed E-state index contributed by atoms with van der Waals surface area (Å²) in [6.07, 6.45) is -17.3. The molecule has 2 saturated heterocycles. The highest BCUT2D eigenvalue weighted by Crippen LogP contribution is 2.44. The number of rotatable bonds is 4. The van der Waals surface area contributed by atoms with Crippen LogP contribution in [0.5, 0.6) is 0 Å². The fourth-order valence-corrected chi connectivity index (χ4v) is 4.59. The Morgan fingerprint density at radius 2 is 1.71 bits per heavy atom.